The summed E-state index contributed by atoms with van der Waals surface area (Å²) in [5, 5.41) is 7.16. The van der Waals surface area contributed by atoms with E-state index in [0.717, 1.165) is 16.6 Å². The number of nitrogens with one attached hydrogen (secondary N) is 2. The van der Waals surface area contributed by atoms with E-state index in [-0.39, 0.29) is 5.91 Å². The Morgan fingerprint density at radius 3 is 2.54 bits per heavy atom. The highest BCUT2D eigenvalue weighted by Gasteiger charge is 2.10. The molecular formula is C23H20N4O. The van der Waals surface area contributed by atoms with Gasteiger partial charge in [0.1, 0.15) is 5.82 Å². The molecule has 2 N–H and O–H groups in total. The molecule has 5 nitrogen and oxygen atoms in total. The second-order valence-corrected chi connectivity index (χ2v) is 6.69. The Labute approximate surface area is 163 Å². The fraction of sp³-hybridized carbons (Fsp3) is 0.0870. The summed E-state index contributed by atoms with van der Waals surface area (Å²) < 4.78 is 0. The lowest BCUT2D eigenvalue weighted by Crippen LogP contribution is -2.12. The summed E-state index contributed by atoms with van der Waals surface area (Å²) in [6.07, 6.45) is 3.28. The van der Waals surface area contributed by atoms with Crippen molar-refractivity contribution in [2.45, 2.75) is 13.8 Å². The molecule has 1 amide bonds. The maximum absolute atomic E-state index is 12.6. The van der Waals surface area contributed by atoms with Crippen LogP contribution in [0.25, 0.3) is 10.9 Å². The smallest absolute Gasteiger partial charge is 0.257 e. The minimum absolute atomic E-state index is 0.219. The van der Waals surface area contributed by atoms with Crippen LogP contribution in [0.5, 0.6) is 0 Å². The second kappa shape index (κ2) is 7.48. The fourth-order valence-electron chi connectivity index (χ4n) is 2.97. The maximum Gasteiger partial charge on any atom is 0.257 e. The molecule has 0 aliphatic rings. The summed E-state index contributed by atoms with van der Waals surface area (Å²) >= 11 is 0. The number of amides is 1. The highest BCUT2D eigenvalue weighted by Crippen LogP contribution is 2.22. The number of rotatable bonds is 4. The van der Waals surface area contributed by atoms with Crippen molar-refractivity contribution in [1.29, 1.82) is 0 Å². The molecule has 5 heteroatoms. The van der Waals surface area contributed by atoms with E-state index in [4.69, 9.17) is 0 Å². The van der Waals surface area contributed by atoms with Crippen molar-refractivity contribution in [2.24, 2.45) is 0 Å². The van der Waals surface area contributed by atoms with Gasteiger partial charge in [-0.15, -0.1) is 0 Å². The molecule has 4 rings (SSSR count). The minimum atomic E-state index is -0.219. The molecular weight excluding hydrogens is 348 g/mol. The van der Waals surface area contributed by atoms with E-state index in [1.807, 2.05) is 36.4 Å². The predicted molar refractivity (Wildman–Crippen MR) is 113 cm³/mol. The SMILES string of the molecule is Cc1ccc(Nc2ccc(C(=O)Nc3cccc4cccnc34)cn2)cc1C. The summed E-state index contributed by atoms with van der Waals surface area (Å²) in [6.45, 7) is 4.15. The largest absolute Gasteiger partial charge is 0.340 e. The average molecular weight is 368 g/mol. The number of hydrogen-bond acceptors (Lipinski definition) is 4. The molecule has 2 aromatic heterocycles. The van der Waals surface area contributed by atoms with Crippen molar-refractivity contribution in [1.82, 2.24) is 9.97 Å². The third-order valence-corrected chi connectivity index (χ3v) is 4.69. The molecule has 0 saturated heterocycles. The molecule has 138 valence electrons. The minimum Gasteiger partial charge on any atom is -0.340 e. The molecule has 0 aliphatic heterocycles. The molecule has 0 aliphatic carbocycles. The van der Waals surface area contributed by atoms with Gasteiger partial charge >= 0.3 is 0 Å². The number of pyridine rings is 2. The summed E-state index contributed by atoms with van der Waals surface area (Å²) in [7, 11) is 0. The van der Waals surface area contributed by atoms with Crippen molar-refractivity contribution < 1.29 is 4.79 Å². The van der Waals surface area contributed by atoms with Crippen LogP contribution in [0.4, 0.5) is 17.2 Å². The fourth-order valence-corrected chi connectivity index (χ4v) is 2.97. The molecule has 0 spiro atoms. The zero-order valence-electron chi connectivity index (χ0n) is 15.7. The summed E-state index contributed by atoms with van der Waals surface area (Å²) in [6, 6.07) is 19.3. The van der Waals surface area contributed by atoms with Crippen LogP contribution in [-0.4, -0.2) is 15.9 Å². The summed E-state index contributed by atoms with van der Waals surface area (Å²) in [5.74, 6) is 0.468. The zero-order chi connectivity index (χ0) is 19.5. The van der Waals surface area contributed by atoms with Gasteiger partial charge in [0.15, 0.2) is 0 Å². The number of anilines is 3. The van der Waals surface area contributed by atoms with Crippen molar-refractivity contribution in [3.8, 4) is 0 Å². The number of aromatic nitrogens is 2. The highest BCUT2D eigenvalue weighted by atomic mass is 16.1. The van der Waals surface area contributed by atoms with Crippen LogP contribution < -0.4 is 10.6 Å². The maximum atomic E-state index is 12.6. The first kappa shape index (κ1) is 17.7. The number of aryl methyl sites for hydroxylation is 2. The van der Waals surface area contributed by atoms with Crippen LogP contribution in [0, 0.1) is 13.8 Å². The first-order valence-electron chi connectivity index (χ1n) is 9.05. The van der Waals surface area contributed by atoms with Crippen LogP contribution in [0.2, 0.25) is 0 Å². The molecule has 0 radical (unpaired) electrons. The van der Waals surface area contributed by atoms with E-state index in [0.29, 0.717) is 17.1 Å². The van der Waals surface area contributed by atoms with E-state index in [1.165, 1.54) is 11.1 Å². The molecule has 28 heavy (non-hydrogen) atoms. The van der Waals surface area contributed by atoms with Gasteiger partial charge in [-0.25, -0.2) is 4.98 Å². The number of para-hydroxylation sites is 1. The van der Waals surface area contributed by atoms with Gasteiger partial charge in [-0.3, -0.25) is 9.78 Å². The van der Waals surface area contributed by atoms with Gasteiger partial charge in [0, 0.05) is 23.5 Å². The molecule has 2 heterocycles. The van der Waals surface area contributed by atoms with Gasteiger partial charge in [0.2, 0.25) is 0 Å². The molecule has 0 bridgehead atoms. The summed E-state index contributed by atoms with van der Waals surface area (Å²) in [4.78, 5) is 21.3. The number of carbonyl (C=O) groups is 1. The topological polar surface area (TPSA) is 66.9 Å². The number of hydrogen-bond donors (Lipinski definition) is 2. The van der Waals surface area contributed by atoms with Gasteiger partial charge < -0.3 is 10.6 Å². The quantitative estimate of drug-likeness (QED) is 0.517. The van der Waals surface area contributed by atoms with Crippen LogP contribution in [0.3, 0.4) is 0 Å². The zero-order valence-corrected chi connectivity index (χ0v) is 15.7. The third-order valence-electron chi connectivity index (χ3n) is 4.69. The molecule has 0 saturated carbocycles. The standard InChI is InChI=1S/C23H20N4O/c1-15-8-10-19(13-16(15)2)26-21-11-9-18(14-25-21)23(28)27-20-7-3-5-17-6-4-12-24-22(17)20/h3-14H,1-2H3,(H,25,26)(H,27,28). The lowest BCUT2D eigenvalue weighted by Gasteiger charge is -2.10. The lowest BCUT2D eigenvalue weighted by atomic mass is 10.1. The van der Waals surface area contributed by atoms with Gasteiger partial charge in [0.25, 0.3) is 5.91 Å². The number of carbonyl (C=O) groups excluding carboxylic acids is 1. The van der Waals surface area contributed by atoms with Gasteiger partial charge in [0.05, 0.1) is 16.8 Å². The Balaban J connectivity index is 1.50. The van der Waals surface area contributed by atoms with Crippen molar-refractivity contribution >= 4 is 34.0 Å². The monoisotopic (exact) mass is 368 g/mol. The van der Waals surface area contributed by atoms with E-state index in [9.17, 15) is 4.79 Å². The third kappa shape index (κ3) is 3.69. The van der Waals surface area contributed by atoms with Crippen molar-refractivity contribution in [3.63, 3.8) is 0 Å². The van der Waals surface area contributed by atoms with E-state index in [2.05, 4.69) is 46.6 Å². The Hall–Kier alpha value is -3.73. The molecule has 0 fully saturated rings. The Kier molecular flexibility index (Phi) is 4.72. The van der Waals surface area contributed by atoms with E-state index < -0.39 is 0 Å². The number of benzene rings is 2. The Bertz CT molecular complexity index is 1150. The number of fused-ring (bicyclic) bond motifs is 1. The van der Waals surface area contributed by atoms with Crippen LogP contribution in [0.15, 0.2) is 73.1 Å². The van der Waals surface area contributed by atoms with E-state index >= 15 is 0 Å². The summed E-state index contributed by atoms with van der Waals surface area (Å²) in [5.41, 5.74) is 5.35. The molecule has 4 aromatic rings. The molecule has 2 aromatic carbocycles. The number of nitrogens with zero attached hydrogens (tertiary/aromatic N) is 2. The Morgan fingerprint density at radius 1 is 0.893 bits per heavy atom. The van der Waals surface area contributed by atoms with Crippen molar-refractivity contribution in [2.75, 3.05) is 10.6 Å². The van der Waals surface area contributed by atoms with Crippen molar-refractivity contribution in [3.05, 3.63) is 89.7 Å². The molecule has 0 unspecified atom stereocenters. The highest BCUT2D eigenvalue weighted by molar-refractivity contribution is 6.08. The first-order chi connectivity index (χ1) is 13.6. The van der Waals surface area contributed by atoms with Crippen LogP contribution >= 0.6 is 0 Å². The molecule has 0 atom stereocenters. The predicted octanol–water partition coefficient (Wildman–Crippen LogP) is 5.24. The normalized spacial score (nSPS) is 10.6. The van der Waals surface area contributed by atoms with Crippen LogP contribution in [-0.2, 0) is 0 Å². The van der Waals surface area contributed by atoms with Gasteiger partial charge in [-0.1, -0.05) is 24.3 Å². The second-order valence-electron chi connectivity index (χ2n) is 6.69. The van der Waals surface area contributed by atoms with E-state index in [1.54, 1.807) is 24.5 Å². The lowest BCUT2D eigenvalue weighted by molar-refractivity contribution is 0.102. The Morgan fingerprint density at radius 2 is 1.75 bits per heavy atom. The van der Waals surface area contributed by atoms with Crippen LogP contribution in [0.1, 0.15) is 21.5 Å². The first-order valence-corrected chi connectivity index (χ1v) is 9.05. The van der Waals surface area contributed by atoms with Gasteiger partial charge in [-0.2, -0.15) is 0 Å². The average Bonchev–Trinajstić information content (AvgIpc) is 2.71. The van der Waals surface area contributed by atoms with Gasteiger partial charge in [-0.05, 0) is 61.4 Å².